The van der Waals surface area contributed by atoms with E-state index >= 15 is 4.39 Å². The van der Waals surface area contributed by atoms with Gasteiger partial charge in [0.05, 0.1) is 11.6 Å². The van der Waals surface area contributed by atoms with Crippen molar-refractivity contribution in [1.29, 1.82) is 0 Å². The van der Waals surface area contributed by atoms with Gasteiger partial charge in [0.1, 0.15) is 16.5 Å². The Kier molecular flexibility index (Phi) is 6.73. The topological polar surface area (TPSA) is 120 Å². The van der Waals surface area contributed by atoms with E-state index in [2.05, 4.69) is 4.98 Å². The molecular formula is C24H24F2N4O4S. The van der Waals surface area contributed by atoms with Gasteiger partial charge in [-0.2, -0.15) is 4.39 Å². The Morgan fingerprint density at radius 1 is 1.17 bits per heavy atom. The summed E-state index contributed by atoms with van der Waals surface area (Å²) in [5.41, 5.74) is 8.56. The molecule has 0 bridgehead atoms. The lowest BCUT2D eigenvalue weighted by atomic mass is 9.95. The van der Waals surface area contributed by atoms with E-state index in [1.807, 2.05) is 29.8 Å². The molecular weight excluding hydrogens is 478 g/mol. The highest BCUT2D eigenvalue weighted by atomic mass is 32.2. The Bertz CT molecular complexity index is 1560. The summed E-state index contributed by atoms with van der Waals surface area (Å²) in [5, 5.41) is 0. The third-order valence-corrected chi connectivity index (χ3v) is 7.26. The van der Waals surface area contributed by atoms with Crippen molar-refractivity contribution < 1.29 is 21.6 Å². The van der Waals surface area contributed by atoms with Crippen molar-refractivity contribution in [3.63, 3.8) is 0 Å². The fraction of sp³-hybridized carbons (Fsp3) is 0.250. The zero-order valence-electron chi connectivity index (χ0n) is 19.1. The highest BCUT2D eigenvalue weighted by Gasteiger charge is 2.25. The minimum absolute atomic E-state index is 0.104. The molecule has 4 rings (SSSR count). The summed E-state index contributed by atoms with van der Waals surface area (Å²) in [6, 6.07) is 10.6. The summed E-state index contributed by atoms with van der Waals surface area (Å²) < 4.78 is 62.5. The van der Waals surface area contributed by atoms with Gasteiger partial charge in [0.15, 0.2) is 5.58 Å². The number of anilines is 1. The van der Waals surface area contributed by atoms with Gasteiger partial charge in [-0.3, -0.25) is 9.29 Å². The van der Waals surface area contributed by atoms with Crippen LogP contribution in [0.15, 0.2) is 62.6 Å². The van der Waals surface area contributed by atoms with Crippen LogP contribution in [0.3, 0.4) is 0 Å². The molecule has 0 spiro atoms. The maximum absolute atomic E-state index is 15.1. The molecule has 0 amide bonds. The minimum Gasteiger partial charge on any atom is -0.408 e. The summed E-state index contributed by atoms with van der Waals surface area (Å²) in [7, 11) is -4.49. The molecule has 35 heavy (non-hydrogen) atoms. The largest absolute Gasteiger partial charge is 0.420 e. The third-order valence-electron chi connectivity index (χ3n) is 5.89. The molecule has 0 radical (unpaired) electrons. The molecule has 0 aliphatic rings. The van der Waals surface area contributed by atoms with E-state index in [1.165, 1.54) is 16.7 Å². The van der Waals surface area contributed by atoms with Crippen LogP contribution in [0.1, 0.15) is 36.1 Å². The number of aryl methyl sites for hydroxylation is 1. The molecule has 2 aromatic heterocycles. The quantitative estimate of drug-likeness (QED) is 0.353. The number of nitrogens with zero attached hydrogens (tertiary/aromatic N) is 2. The van der Waals surface area contributed by atoms with Crippen molar-refractivity contribution in [2.24, 2.45) is 5.73 Å². The molecule has 0 fully saturated rings. The van der Waals surface area contributed by atoms with Crippen LogP contribution in [0.4, 0.5) is 14.6 Å². The summed E-state index contributed by atoms with van der Waals surface area (Å²) in [5.74, 6) is -3.08. The highest BCUT2D eigenvalue weighted by molar-refractivity contribution is 7.92. The third kappa shape index (κ3) is 4.82. The number of hydrogen-bond acceptors (Lipinski definition) is 6. The van der Waals surface area contributed by atoms with Gasteiger partial charge in [-0.05, 0) is 62.1 Å². The number of halogens is 2. The zero-order chi connectivity index (χ0) is 25.3. The van der Waals surface area contributed by atoms with E-state index < -0.39 is 38.5 Å². The number of hydrogen-bond donors (Lipinski definition) is 2. The first-order valence-corrected chi connectivity index (χ1v) is 12.4. The van der Waals surface area contributed by atoms with Crippen LogP contribution < -0.4 is 16.2 Å². The molecule has 0 saturated heterocycles. The molecule has 3 N–H and O–H groups in total. The first-order chi connectivity index (χ1) is 16.6. The average Bonchev–Trinajstić information content (AvgIpc) is 3.11. The lowest BCUT2D eigenvalue weighted by Gasteiger charge is -2.18. The Labute approximate surface area is 200 Å². The van der Waals surface area contributed by atoms with Crippen LogP contribution in [-0.4, -0.2) is 24.5 Å². The first kappa shape index (κ1) is 24.6. The molecule has 184 valence electrons. The number of oxazole rings is 1. The van der Waals surface area contributed by atoms with Crippen LogP contribution >= 0.6 is 0 Å². The zero-order valence-corrected chi connectivity index (χ0v) is 19.9. The maximum Gasteiger partial charge on any atom is 0.420 e. The predicted molar refractivity (Wildman–Crippen MR) is 128 cm³/mol. The van der Waals surface area contributed by atoms with Gasteiger partial charge < -0.3 is 10.2 Å². The summed E-state index contributed by atoms with van der Waals surface area (Å²) >= 11 is 0. The van der Waals surface area contributed by atoms with Gasteiger partial charge in [-0.25, -0.2) is 22.6 Å². The number of sulfonamides is 1. The number of pyridine rings is 1. The fourth-order valence-corrected chi connectivity index (χ4v) is 5.20. The van der Waals surface area contributed by atoms with Gasteiger partial charge >= 0.3 is 5.76 Å². The fourth-order valence-electron chi connectivity index (χ4n) is 4.12. The minimum atomic E-state index is -4.49. The molecule has 2 aromatic carbocycles. The molecule has 0 aliphatic heterocycles. The number of nitrogens with one attached hydrogen (secondary N) is 1. The molecule has 4 aromatic rings. The average molecular weight is 503 g/mol. The molecule has 0 saturated carbocycles. The number of aromatic nitrogens is 2. The molecule has 2 heterocycles. The van der Waals surface area contributed by atoms with Gasteiger partial charge in [0.2, 0.25) is 5.95 Å². The van der Waals surface area contributed by atoms with E-state index in [0.717, 1.165) is 47.7 Å². The molecule has 1 atom stereocenters. The van der Waals surface area contributed by atoms with Crippen molar-refractivity contribution in [2.75, 3.05) is 11.3 Å². The normalized spacial score (nSPS) is 12.7. The van der Waals surface area contributed by atoms with E-state index in [0.29, 0.717) is 6.54 Å². The second-order valence-corrected chi connectivity index (χ2v) is 9.79. The lowest BCUT2D eigenvalue weighted by molar-refractivity contribution is 0.488. The van der Waals surface area contributed by atoms with Crippen molar-refractivity contribution in [3.05, 3.63) is 87.5 Å². The summed E-state index contributed by atoms with van der Waals surface area (Å²) in [4.78, 5) is 15.4. The van der Waals surface area contributed by atoms with Crippen molar-refractivity contribution in [1.82, 2.24) is 9.55 Å². The first-order valence-electron chi connectivity index (χ1n) is 10.9. The van der Waals surface area contributed by atoms with Crippen molar-refractivity contribution in [2.45, 2.75) is 37.6 Å². The molecule has 0 aliphatic carbocycles. The second kappa shape index (κ2) is 9.59. The van der Waals surface area contributed by atoms with Crippen LogP contribution in [-0.2, 0) is 16.4 Å². The standard InChI is InChI=1S/C24H24F2N4O4S/c1-14-16(7-5-11-27)6-3-8-17(14)15(2)30-19-12-18(25)21(13-20(19)34-24(30)31)35(32,33)29-23-10-4-9-22(26)28-23/h3-4,6,8-10,12-13,15H,5,7,11,27H2,1-2H3,(H,28,29)/t15-/m1/s1. The summed E-state index contributed by atoms with van der Waals surface area (Å²) in [6.45, 7) is 4.28. The summed E-state index contributed by atoms with van der Waals surface area (Å²) in [6.07, 6.45) is 1.60. The lowest BCUT2D eigenvalue weighted by Crippen LogP contribution is -2.20. The van der Waals surface area contributed by atoms with E-state index in [4.69, 9.17) is 10.2 Å². The van der Waals surface area contributed by atoms with E-state index in [1.54, 1.807) is 6.92 Å². The number of benzene rings is 2. The second-order valence-electron chi connectivity index (χ2n) is 8.14. The van der Waals surface area contributed by atoms with Gasteiger partial charge in [0, 0.05) is 12.1 Å². The monoisotopic (exact) mass is 502 g/mol. The van der Waals surface area contributed by atoms with Gasteiger partial charge in [0.25, 0.3) is 10.0 Å². The Morgan fingerprint density at radius 3 is 2.63 bits per heavy atom. The number of rotatable bonds is 8. The van der Waals surface area contributed by atoms with E-state index in [-0.39, 0.29) is 16.9 Å². The van der Waals surface area contributed by atoms with Crippen molar-refractivity contribution in [3.8, 4) is 0 Å². The van der Waals surface area contributed by atoms with Gasteiger partial charge in [-0.15, -0.1) is 0 Å². The smallest absolute Gasteiger partial charge is 0.408 e. The van der Waals surface area contributed by atoms with Crippen LogP contribution in [0.5, 0.6) is 0 Å². The Hall–Kier alpha value is -3.57. The molecule has 11 heteroatoms. The highest BCUT2D eigenvalue weighted by Crippen LogP contribution is 2.29. The van der Waals surface area contributed by atoms with Crippen LogP contribution in [0.2, 0.25) is 0 Å². The Balaban J connectivity index is 1.76. The molecule has 0 unspecified atom stereocenters. The molecule has 8 nitrogen and oxygen atoms in total. The van der Waals surface area contributed by atoms with E-state index in [9.17, 15) is 17.6 Å². The van der Waals surface area contributed by atoms with Crippen LogP contribution in [0.25, 0.3) is 11.1 Å². The Morgan fingerprint density at radius 2 is 1.91 bits per heavy atom. The SMILES string of the molecule is Cc1c(CCCN)cccc1[C@@H](C)n1c(=O)oc2cc(S(=O)(=O)Nc3cccc(F)n3)c(F)cc21. The number of fused-ring (bicyclic) bond motifs is 1. The predicted octanol–water partition coefficient (Wildman–Crippen LogP) is 3.88. The van der Waals surface area contributed by atoms with Crippen molar-refractivity contribution >= 4 is 26.9 Å². The van der Waals surface area contributed by atoms with Gasteiger partial charge in [-0.1, -0.05) is 24.3 Å². The number of nitrogens with two attached hydrogens (primary N) is 1. The van der Waals surface area contributed by atoms with Crippen LogP contribution in [0, 0.1) is 18.7 Å². The maximum atomic E-state index is 15.1.